The topological polar surface area (TPSA) is 30.5 Å². The third-order valence-corrected chi connectivity index (χ3v) is 4.72. The lowest BCUT2D eigenvalue weighted by Crippen LogP contribution is -2.49. The second-order valence-electron chi connectivity index (χ2n) is 6.57. The molecule has 0 spiro atoms. The van der Waals surface area contributed by atoms with Gasteiger partial charge in [-0.2, -0.15) is 0 Å². The van der Waals surface area contributed by atoms with Gasteiger partial charge in [-0.15, -0.1) is 0 Å². The Hall–Kier alpha value is -0.120. The summed E-state index contributed by atoms with van der Waals surface area (Å²) in [6.45, 7) is 10.7. The molecule has 2 fully saturated rings. The monoisotopic (exact) mass is 269 g/mol. The lowest BCUT2D eigenvalue weighted by atomic mass is 9.78. The molecule has 3 nitrogen and oxygen atoms in total. The number of nitrogens with one attached hydrogen (secondary N) is 1. The van der Waals surface area contributed by atoms with Crippen LogP contribution in [0, 0.1) is 17.8 Å². The van der Waals surface area contributed by atoms with Crippen molar-refractivity contribution < 1.29 is 9.47 Å². The van der Waals surface area contributed by atoms with Crippen LogP contribution in [0.4, 0.5) is 0 Å². The van der Waals surface area contributed by atoms with Gasteiger partial charge in [0.25, 0.3) is 0 Å². The van der Waals surface area contributed by atoms with Crippen LogP contribution in [0.3, 0.4) is 0 Å². The highest BCUT2D eigenvalue weighted by atomic mass is 16.5. The van der Waals surface area contributed by atoms with E-state index in [0.29, 0.717) is 24.0 Å². The van der Waals surface area contributed by atoms with E-state index in [0.717, 1.165) is 32.3 Å². The minimum Gasteiger partial charge on any atom is -0.381 e. The van der Waals surface area contributed by atoms with Gasteiger partial charge < -0.3 is 14.8 Å². The first-order chi connectivity index (χ1) is 9.20. The first-order valence-electron chi connectivity index (χ1n) is 8.13. The van der Waals surface area contributed by atoms with Crippen molar-refractivity contribution in [1.82, 2.24) is 5.32 Å². The Balaban J connectivity index is 1.83. The lowest BCUT2D eigenvalue weighted by Gasteiger charge is -2.40. The van der Waals surface area contributed by atoms with Crippen LogP contribution in [0.5, 0.6) is 0 Å². The molecular weight excluding hydrogens is 238 g/mol. The molecule has 1 saturated carbocycles. The van der Waals surface area contributed by atoms with Crippen molar-refractivity contribution >= 4 is 0 Å². The molecule has 1 saturated heterocycles. The molecule has 4 unspecified atom stereocenters. The molecule has 0 aromatic heterocycles. The minimum absolute atomic E-state index is 0.402. The quantitative estimate of drug-likeness (QED) is 0.832. The van der Waals surface area contributed by atoms with E-state index in [-0.39, 0.29) is 0 Å². The van der Waals surface area contributed by atoms with Gasteiger partial charge in [0.2, 0.25) is 0 Å². The summed E-state index contributed by atoms with van der Waals surface area (Å²) < 4.78 is 11.7. The normalized spacial score (nSPS) is 37.4. The van der Waals surface area contributed by atoms with Gasteiger partial charge in [-0.1, -0.05) is 20.8 Å². The van der Waals surface area contributed by atoms with Crippen LogP contribution in [0.2, 0.25) is 0 Å². The van der Waals surface area contributed by atoms with Crippen LogP contribution < -0.4 is 5.32 Å². The summed E-state index contributed by atoms with van der Waals surface area (Å²) in [5.41, 5.74) is 0. The minimum atomic E-state index is 0.402. The smallest absolute Gasteiger partial charge is 0.0753 e. The van der Waals surface area contributed by atoms with E-state index < -0.39 is 0 Å². The maximum atomic E-state index is 6.33. The van der Waals surface area contributed by atoms with Crippen molar-refractivity contribution in [2.45, 2.75) is 58.6 Å². The van der Waals surface area contributed by atoms with E-state index >= 15 is 0 Å². The predicted molar refractivity (Wildman–Crippen MR) is 78.3 cm³/mol. The number of likely N-dealkylation sites (N-methyl/N-ethyl adjacent to an activating group) is 1. The van der Waals surface area contributed by atoms with Crippen molar-refractivity contribution in [2.75, 3.05) is 26.4 Å². The summed E-state index contributed by atoms with van der Waals surface area (Å²) in [6.07, 6.45) is 5.31. The first kappa shape index (κ1) is 15.3. The summed E-state index contributed by atoms with van der Waals surface area (Å²) in [5.74, 6) is 2.21. The largest absolute Gasteiger partial charge is 0.381 e. The van der Waals surface area contributed by atoms with Crippen molar-refractivity contribution in [3.63, 3.8) is 0 Å². The molecule has 2 rings (SSSR count). The third kappa shape index (κ3) is 4.44. The van der Waals surface area contributed by atoms with E-state index in [1.165, 1.54) is 25.7 Å². The fraction of sp³-hybridized carbons (Fsp3) is 1.00. The molecule has 1 heterocycles. The van der Waals surface area contributed by atoms with Crippen molar-refractivity contribution in [1.29, 1.82) is 0 Å². The molecule has 0 bridgehead atoms. The number of ether oxygens (including phenoxy) is 2. The molecule has 0 aromatic carbocycles. The number of rotatable bonds is 5. The summed E-state index contributed by atoms with van der Waals surface area (Å²) in [6, 6.07) is 0.545. The molecule has 3 heteroatoms. The summed E-state index contributed by atoms with van der Waals surface area (Å²) in [7, 11) is 0. The van der Waals surface area contributed by atoms with E-state index in [4.69, 9.17) is 9.47 Å². The third-order valence-electron chi connectivity index (χ3n) is 4.72. The van der Waals surface area contributed by atoms with Crippen LogP contribution in [0.25, 0.3) is 0 Å². The van der Waals surface area contributed by atoms with Gasteiger partial charge in [-0.05, 0) is 50.0 Å². The van der Waals surface area contributed by atoms with Gasteiger partial charge in [0.15, 0.2) is 0 Å². The zero-order chi connectivity index (χ0) is 13.7. The van der Waals surface area contributed by atoms with Crippen LogP contribution in [-0.2, 0) is 9.47 Å². The van der Waals surface area contributed by atoms with E-state index in [1.54, 1.807) is 0 Å². The highest BCUT2D eigenvalue weighted by Gasteiger charge is 2.34. The zero-order valence-electron chi connectivity index (χ0n) is 12.9. The maximum absolute atomic E-state index is 6.33. The Bertz CT molecular complexity index is 253. The van der Waals surface area contributed by atoms with Gasteiger partial charge in [0.05, 0.1) is 12.7 Å². The van der Waals surface area contributed by atoms with Crippen LogP contribution in [0.1, 0.15) is 46.5 Å². The Morgan fingerprint density at radius 2 is 1.89 bits per heavy atom. The van der Waals surface area contributed by atoms with E-state index in [1.807, 2.05) is 0 Å². The second-order valence-corrected chi connectivity index (χ2v) is 6.57. The van der Waals surface area contributed by atoms with Crippen molar-refractivity contribution in [3.05, 3.63) is 0 Å². The summed E-state index contributed by atoms with van der Waals surface area (Å²) >= 11 is 0. The molecule has 1 aliphatic heterocycles. The van der Waals surface area contributed by atoms with Gasteiger partial charge in [-0.25, -0.2) is 0 Å². The Morgan fingerprint density at radius 3 is 2.58 bits per heavy atom. The molecular formula is C16H31NO2. The molecule has 2 aliphatic rings. The highest BCUT2D eigenvalue weighted by Crippen LogP contribution is 2.32. The van der Waals surface area contributed by atoms with Crippen LogP contribution >= 0.6 is 0 Å². The maximum Gasteiger partial charge on any atom is 0.0753 e. The summed E-state index contributed by atoms with van der Waals surface area (Å²) in [5, 5.41) is 3.63. The van der Waals surface area contributed by atoms with Gasteiger partial charge in [-0.3, -0.25) is 0 Å². The lowest BCUT2D eigenvalue weighted by molar-refractivity contribution is -0.0647. The molecule has 1 aliphatic carbocycles. The first-order valence-corrected chi connectivity index (χ1v) is 8.13. The molecule has 0 aromatic rings. The SMILES string of the molecule is CCNC1CC(C)CC(C)C1OCC1CCOCC1. The summed E-state index contributed by atoms with van der Waals surface area (Å²) in [4.78, 5) is 0. The molecule has 1 N–H and O–H groups in total. The van der Waals surface area contributed by atoms with Crippen LogP contribution in [-0.4, -0.2) is 38.5 Å². The molecule has 4 atom stereocenters. The average Bonchev–Trinajstić information content (AvgIpc) is 2.39. The fourth-order valence-electron chi connectivity index (χ4n) is 3.73. The Labute approximate surface area is 118 Å². The fourth-order valence-corrected chi connectivity index (χ4v) is 3.73. The molecule has 19 heavy (non-hydrogen) atoms. The molecule has 0 radical (unpaired) electrons. The predicted octanol–water partition coefficient (Wildman–Crippen LogP) is 2.84. The highest BCUT2D eigenvalue weighted by molar-refractivity contribution is 4.88. The standard InChI is InChI=1S/C16H31NO2/c1-4-17-15-10-12(2)9-13(3)16(15)19-11-14-5-7-18-8-6-14/h12-17H,4-11H2,1-3H3. The zero-order valence-corrected chi connectivity index (χ0v) is 12.9. The second kappa shape index (κ2) is 7.61. The Morgan fingerprint density at radius 1 is 1.16 bits per heavy atom. The van der Waals surface area contributed by atoms with Crippen LogP contribution in [0.15, 0.2) is 0 Å². The van der Waals surface area contributed by atoms with Crippen molar-refractivity contribution in [3.8, 4) is 0 Å². The number of hydrogen-bond donors (Lipinski definition) is 1. The van der Waals surface area contributed by atoms with E-state index in [9.17, 15) is 0 Å². The molecule has 112 valence electrons. The van der Waals surface area contributed by atoms with Gasteiger partial charge in [0, 0.05) is 19.3 Å². The molecule has 0 amide bonds. The number of hydrogen-bond acceptors (Lipinski definition) is 3. The van der Waals surface area contributed by atoms with E-state index in [2.05, 4.69) is 26.1 Å². The average molecular weight is 269 g/mol. The van der Waals surface area contributed by atoms with Crippen molar-refractivity contribution in [2.24, 2.45) is 17.8 Å². The van der Waals surface area contributed by atoms with Gasteiger partial charge >= 0.3 is 0 Å². The Kier molecular flexibility index (Phi) is 6.11. The van der Waals surface area contributed by atoms with Gasteiger partial charge in [0.1, 0.15) is 0 Å².